The van der Waals surface area contributed by atoms with Gasteiger partial charge in [-0.2, -0.15) is 0 Å². The van der Waals surface area contributed by atoms with E-state index in [1.165, 1.54) is 7.11 Å². The van der Waals surface area contributed by atoms with Crippen LogP contribution in [-0.2, 0) is 37.4 Å². The summed E-state index contributed by atoms with van der Waals surface area (Å²) < 4.78 is 22.9. The van der Waals surface area contributed by atoms with Gasteiger partial charge in [0.05, 0.1) is 25.9 Å². The van der Waals surface area contributed by atoms with Crippen LogP contribution in [0.25, 0.3) is 11.1 Å². The van der Waals surface area contributed by atoms with E-state index >= 15 is 0 Å². The first-order chi connectivity index (χ1) is 25.1. The molecule has 0 saturated carbocycles. The van der Waals surface area contributed by atoms with Crippen LogP contribution in [0.4, 0.5) is 0 Å². The minimum Gasteiger partial charge on any atom is -0.493 e. The van der Waals surface area contributed by atoms with Gasteiger partial charge >= 0.3 is 5.97 Å². The summed E-state index contributed by atoms with van der Waals surface area (Å²) in [5, 5.41) is 0. The van der Waals surface area contributed by atoms with Crippen LogP contribution in [0.1, 0.15) is 81.1 Å². The molecule has 4 aromatic carbocycles. The van der Waals surface area contributed by atoms with E-state index in [1.807, 2.05) is 26.2 Å². The van der Waals surface area contributed by atoms with Crippen LogP contribution in [0.3, 0.4) is 0 Å². The maximum atomic E-state index is 13.4. The normalized spacial score (nSPS) is 12.9. The highest BCUT2D eigenvalue weighted by atomic mass is 16.5. The molecule has 8 heteroatoms. The molecule has 0 atom stereocenters. The molecule has 276 valence electrons. The first kappa shape index (κ1) is 38.7. The summed E-state index contributed by atoms with van der Waals surface area (Å²) in [4.78, 5) is 29.2. The summed E-state index contributed by atoms with van der Waals surface area (Å²) in [7, 11) is 7.53. The molecule has 0 N–H and O–H groups in total. The predicted octanol–water partition coefficient (Wildman–Crippen LogP) is 7.71. The number of ether oxygens (including phenoxy) is 4. The summed E-state index contributed by atoms with van der Waals surface area (Å²) in [5.41, 5.74) is 10.4. The number of aryl methyl sites for hydroxylation is 3. The molecule has 8 nitrogen and oxygen atoms in total. The standard InChI is InChI=1S/C44H54N2O6/c1-8-20-46(6)29-50-22-9-11-33-14-15-35(26-34(33)28-51-30-47)44(40-24-31(2)12-17-37(40)38-18-13-32(3)25-41(38)44)36-16-19-42(39(27-36)43(48)49-7)52-23-10-21-45(4)5/h12-19,24-27,30H,8-11,20-23,28-29H2,1-7H3. The van der Waals surface area contributed by atoms with E-state index < -0.39 is 11.4 Å². The van der Waals surface area contributed by atoms with E-state index in [1.54, 1.807) is 0 Å². The lowest BCUT2D eigenvalue weighted by molar-refractivity contribution is -0.129. The largest absolute Gasteiger partial charge is 0.493 e. The highest BCUT2D eigenvalue weighted by Crippen LogP contribution is 2.57. The number of esters is 1. The zero-order chi connectivity index (χ0) is 37.3. The molecule has 0 fully saturated rings. The Bertz CT molecular complexity index is 1800. The van der Waals surface area contributed by atoms with E-state index in [4.69, 9.17) is 18.9 Å². The third-order valence-electron chi connectivity index (χ3n) is 9.87. The molecule has 0 radical (unpaired) electrons. The number of fused-ring (bicyclic) bond motifs is 3. The van der Waals surface area contributed by atoms with Crippen molar-refractivity contribution in [2.75, 3.05) is 61.3 Å². The van der Waals surface area contributed by atoms with Crippen LogP contribution in [0.15, 0.2) is 72.8 Å². The van der Waals surface area contributed by atoms with Gasteiger partial charge < -0.3 is 23.8 Å². The molecular formula is C44H54N2O6. The molecule has 1 aliphatic rings. The summed E-state index contributed by atoms with van der Waals surface area (Å²) in [5.74, 6) is 0.0417. The van der Waals surface area contributed by atoms with Crippen LogP contribution in [-0.4, -0.2) is 83.5 Å². The fourth-order valence-electron chi connectivity index (χ4n) is 7.45. The number of nitrogens with zero attached hydrogens (tertiary/aromatic N) is 2. The molecule has 52 heavy (non-hydrogen) atoms. The molecule has 5 rings (SSSR count). The van der Waals surface area contributed by atoms with E-state index in [0.717, 1.165) is 94.4 Å². The average molecular weight is 707 g/mol. The smallest absolute Gasteiger partial charge is 0.341 e. The third-order valence-corrected chi connectivity index (χ3v) is 9.87. The summed E-state index contributed by atoms with van der Waals surface area (Å²) in [6.07, 6.45) is 3.51. The minimum atomic E-state index is -0.795. The van der Waals surface area contributed by atoms with Crippen molar-refractivity contribution in [2.24, 2.45) is 0 Å². The fraction of sp³-hybridized carbons (Fsp3) is 0.409. The van der Waals surface area contributed by atoms with Gasteiger partial charge in [-0.15, -0.1) is 0 Å². The van der Waals surface area contributed by atoms with Crippen LogP contribution in [0.5, 0.6) is 5.75 Å². The van der Waals surface area contributed by atoms with Gasteiger partial charge in [-0.3, -0.25) is 9.69 Å². The molecule has 1 aliphatic carbocycles. The van der Waals surface area contributed by atoms with Crippen molar-refractivity contribution in [1.29, 1.82) is 0 Å². The molecule has 0 unspecified atom stereocenters. The zero-order valence-electron chi connectivity index (χ0n) is 31.9. The topological polar surface area (TPSA) is 77.5 Å². The van der Waals surface area contributed by atoms with Gasteiger partial charge in [0.25, 0.3) is 6.47 Å². The van der Waals surface area contributed by atoms with Crippen molar-refractivity contribution < 1.29 is 28.5 Å². The van der Waals surface area contributed by atoms with E-state index in [9.17, 15) is 9.59 Å². The van der Waals surface area contributed by atoms with Gasteiger partial charge in [0.1, 0.15) is 17.9 Å². The molecule has 0 heterocycles. The van der Waals surface area contributed by atoms with Crippen LogP contribution < -0.4 is 4.74 Å². The van der Waals surface area contributed by atoms with Crippen molar-refractivity contribution in [3.8, 4) is 16.9 Å². The van der Waals surface area contributed by atoms with Gasteiger partial charge in [-0.05, 0) is 124 Å². The third kappa shape index (κ3) is 8.41. The Balaban J connectivity index is 1.66. The van der Waals surface area contributed by atoms with Gasteiger partial charge in [0.2, 0.25) is 0 Å². The Kier molecular flexibility index (Phi) is 13.3. The van der Waals surface area contributed by atoms with Crippen molar-refractivity contribution in [1.82, 2.24) is 9.80 Å². The zero-order valence-corrected chi connectivity index (χ0v) is 31.9. The summed E-state index contributed by atoms with van der Waals surface area (Å²) >= 11 is 0. The van der Waals surface area contributed by atoms with Gasteiger partial charge in [0, 0.05) is 13.2 Å². The molecule has 0 aliphatic heterocycles. The van der Waals surface area contributed by atoms with Crippen LogP contribution in [0.2, 0.25) is 0 Å². The Hall–Kier alpha value is -4.50. The number of benzene rings is 4. The Labute approximate surface area is 309 Å². The number of carbonyl (C=O) groups excluding carboxylic acids is 2. The Morgan fingerprint density at radius 2 is 1.46 bits per heavy atom. The highest BCUT2D eigenvalue weighted by molar-refractivity contribution is 5.94. The fourth-order valence-corrected chi connectivity index (χ4v) is 7.45. The van der Waals surface area contributed by atoms with Gasteiger partial charge in [-0.25, -0.2) is 4.79 Å². The number of hydrogen-bond acceptors (Lipinski definition) is 8. The maximum absolute atomic E-state index is 13.4. The highest BCUT2D eigenvalue weighted by Gasteiger charge is 2.47. The number of methoxy groups -OCH3 is 1. The lowest BCUT2D eigenvalue weighted by Gasteiger charge is -2.35. The summed E-state index contributed by atoms with van der Waals surface area (Å²) in [6.45, 7) is 10.6. The molecule has 0 bridgehead atoms. The molecule has 0 aromatic heterocycles. The van der Waals surface area contributed by atoms with Crippen LogP contribution >= 0.6 is 0 Å². The number of carbonyl (C=O) groups is 2. The molecule has 0 spiro atoms. The maximum Gasteiger partial charge on any atom is 0.341 e. The second-order valence-electron chi connectivity index (χ2n) is 14.2. The van der Waals surface area contributed by atoms with Gasteiger partial charge in [0.15, 0.2) is 0 Å². The van der Waals surface area contributed by atoms with E-state index in [-0.39, 0.29) is 6.61 Å². The Morgan fingerprint density at radius 3 is 2.10 bits per heavy atom. The lowest BCUT2D eigenvalue weighted by Crippen LogP contribution is -2.30. The Morgan fingerprint density at radius 1 is 0.788 bits per heavy atom. The van der Waals surface area contributed by atoms with Crippen molar-refractivity contribution >= 4 is 12.4 Å². The molecule has 0 saturated heterocycles. The second-order valence-corrected chi connectivity index (χ2v) is 14.2. The summed E-state index contributed by atoms with van der Waals surface area (Å²) in [6, 6.07) is 25.7. The predicted molar refractivity (Wildman–Crippen MR) is 206 cm³/mol. The SMILES string of the molecule is CCCN(C)COCCCc1ccc(C2(c3ccc(OCCCN(C)C)c(C(=O)OC)c3)c3cc(C)ccc3-c3ccc(C)cc32)cc1COC=O. The average Bonchev–Trinajstić information content (AvgIpc) is 3.41. The lowest BCUT2D eigenvalue weighted by atomic mass is 9.66. The minimum absolute atomic E-state index is 0.150. The van der Waals surface area contributed by atoms with Crippen molar-refractivity contribution in [2.45, 2.75) is 58.5 Å². The van der Waals surface area contributed by atoms with E-state index in [2.05, 4.69) is 98.3 Å². The molecule has 0 amide bonds. The number of rotatable bonds is 19. The van der Waals surface area contributed by atoms with E-state index in [0.29, 0.717) is 37.7 Å². The van der Waals surface area contributed by atoms with Crippen molar-refractivity contribution in [3.63, 3.8) is 0 Å². The van der Waals surface area contributed by atoms with Crippen LogP contribution in [0, 0.1) is 13.8 Å². The first-order valence-corrected chi connectivity index (χ1v) is 18.3. The molecular weight excluding hydrogens is 652 g/mol. The van der Waals surface area contributed by atoms with Gasteiger partial charge in [-0.1, -0.05) is 78.7 Å². The quantitative estimate of drug-likeness (QED) is 0.0374. The van der Waals surface area contributed by atoms with Crippen molar-refractivity contribution in [3.05, 3.63) is 123 Å². The number of hydrogen-bond donors (Lipinski definition) is 0. The molecule has 4 aromatic rings. The monoisotopic (exact) mass is 706 g/mol. The first-order valence-electron chi connectivity index (χ1n) is 18.3. The second kappa shape index (κ2) is 17.8.